The van der Waals surface area contributed by atoms with Gasteiger partial charge in [-0.25, -0.2) is 15.0 Å². The first-order valence-electron chi connectivity index (χ1n) is 7.93. The number of pyridine rings is 1. The Labute approximate surface area is 138 Å². The van der Waals surface area contributed by atoms with Crippen LogP contribution in [0.5, 0.6) is 0 Å². The number of imidazole rings is 1. The zero-order valence-corrected chi connectivity index (χ0v) is 13.7. The Morgan fingerprint density at radius 3 is 2.96 bits per heavy atom. The molecule has 0 unspecified atom stereocenters. The van der Waals surface area contributed by atoms with Crippen molar-refractivity contribution < 1.29 is 4.84 Å². The molecule has 0 amide bonds. The first kappa shape index (κ1) is 16.0. The third-order valence-electron chi connectivity index (χ3n) is 3.67. The van der Waals surface area contributed by atoms with Gasteiger partial charge in [-0.3, -0.25) is 4.79 Å². The van der Waals surface area contributed by atoms with Gasteiger partial charge < -0.3 is 15.1 Å². The number of nitrogens with zero attached hydrogens (tertiary/aromatic N) is 4. The smallest absolute Gasteiger partial charge is 0.287 e. The van der Waals surface area contributed by atoms with Crippen LogP contribution in [0.3, 0.4) is 0 Å². The van der Waals surface area contributed by atoms with Gasteiger partial charge in [0, 0.05) is 18.5 Å². The van der Waals surface area contributed by atoms with E-state index in [-0.39, 0.29) is 5.56 Å². The molecule has 0 atom stereocenters. The summed E-state index contributed by atoms with van der Waals surface area (Å²) in [6.07, 6.45) is 6.74. The molecule has 3 heterocycles. The quantitative estimate of drug-likeness (QED) is 0.640. The molecule has 0 aliphatic rings. The van der Waals surface area contributed by atoms with Crippen LogP contribution in [-0.4, -0.2) is 31.3 Å². The molecule has 0 aliphatic carbocycles. The topological polar surface area (TPSA) is 97.7 Å². The van der Waals surface area contributed by atoms with Gasteiger partial charge in [0.05, 0.1) is 23.3 Å². The van der Waals surface area contributed by atoms with Gasteiger partial charge in [-0.15, -0.1) is 4.73 Å². The molecule has 0 spiro atoms. The molecule has 0 aliphatic heterocycles. The van der Waals surface area contributed by atoms with Gasteiger partial charge in [-0.1, -0.05) is 13.3 Å². The fourth-order valence-corrected chi connectivity index (χ4v) is 2.43. The summed E-state index contributed by atoms with van der Waals surface area (Å²) in [4.78, 5) is 33.7. The van der Waals surface area contributed by atoms with E-state index in [4.69, 9.17) is 4.84 Å². The van der Waals surface area contributed by atoms with Gasteiger partial charge in [0.25, 0.3) is 5.56 Å². The van der Waals surface area contributed by atoms with Crippen LogP contribution in [0.1, 0.15) is 31.3 Å². The summed E-state index contributed by atoms with van der Waals surface area (Å²) in [6, 6.07) is 1.51. The Balaban J connectivity index is 2.00. The van der Waals surface area contributed by atoms with Gasteiger partial charge in [-0.05, 0) is 13.3 Å². The molecule has 8 nitrogen and oxygen atoms in total. The van der Waals surface area contributed by atoms with Crippen molar-refractivity contribution in [1.82, 2.24) is 24.7 Å². The van der Waals surface area contributed by atoms with E-state index in [1.165, 1.54) is 17.1 Å². The lowest BCUT2D eigenvalue weighted by molar-refractivity contribution is 0.108. The average molecular weight is 328 g/mol. The fraction of sp³-hybridized carbons (Fsp3) is 0.375. The lowest BCUT2D eigenvalue weighted by Gasteiger charge is -2.14. The second-order valence-electron chi connectivity index (χ2n) is 5.42. The van der Waals surface area contributed by atoms with Gasteiger partial charge in [0.1, 0.15) is 18.8 Å². The van der Waals surface area contributed by atoms with E-state index in [2.05, 4.69) is 32.2 Å². The van der Waals surface area contributed by atoms with E-state index in [0.29, 0.717) is 24.5 Å². The van der Waals surface area contributed by atoms with Gasteiger partial charge in [-0.2, -0.15) is 0 Å². The van der Waals surface area contributed by atoms with E-state index in [1.807, 2.05) is 6.92 Å². The Bertz CT molecular complexity index is 872. The molecular weight excluding hydrogens is 308 g/mol. The highest BCUT2D eigenvalue weighted by Gasteiger charge is 2.14. The standard InChI is InChI=1S/C16H20N6O2/c1-3-4-7-24-22-14(23)8-12(19-9-13-17-5-6-18-13)15-11(2)20-10-21-16(15)22/h5-6,8,10,19H,3-4,7,9H2,1-2H3,(H,17,18). The van der Waals surface area contributed by atoms with Crippen LogP contribution in [0.25, 0.3) is 11.0 Å². The summed E-state index contributed by atoms with van der Waals surface area (Å²) in [5.41, 5.74) is 1.64. The normalized spacial score (nSPS) is 10.9. The summed E-state index contributed by atoms with van der Waals surface area (Å²) >= 11 is 0. The maximum atomic E-state index is 12.4. The number of nitrogens with one attached hydrogen (secondary N) is 2. The van der Waals surface area contributed by atoms with E-state index in [1.54, 1.807) is 12.4 Å². The van der Waals surface area contributed by atoms with Gasteiger partial charge in [0.2, 0.25) is 0 Å². The maximum Gasteiger partial charge on any atom is 0.287 e. The number of hydrogen-bond acceptors (Lipinski definition) is 6. The van der Waals surface area contributed by atoms with Crippen molar-refractivity contribution in [2.24, 2.45) is 0 Å². The third kappa shape index (κ3) is 3.22. The van der Waals surface area contributed by atoms with Crippen LogP contribution in [0, 0.1) is 6.92 Å². The fourth-order valence-electron chi connectivity index (χ4n) is 2.43. The summed E-state index contributed by atoms with van der Waals surface area (Å²) in [7, 11) is 0. The lowest BCUT2D eigenvalue weighted by Crippen LogP contribution is -2.29. The molecule has 3 aromatic rings. The van der Waals surface area contributed by atoms with Crippen LogP contribution < -0.4 is 15.7 Å². The Morgan fingerprint density at radius 2 is 2.21 bits per heavy atom. The highest BCUT2D eigenvalue weighted by Crippen LogP contribution is 2.22. The molecule has 0 aromatic carbocycles. The molecule has 3 aromatic heterocycles. The molecule has 0 fully saturated rings. The number of rotatable bonds is 7. The van der Waals surface area contributed by atoms with Crippen molar-refractivity contribution in [3.8, 4) is 0 Å². The molecular formula is C16H20N6O2. The first-order chi connectivity index (χ1) is 11.7. The summed E-state index contributed by atoms with van der Waals surface area (Å²) in [5.74, 6) is 0.779. The van der Waals surface area contributed by atoms with Crippen LogP contribution in [0.15, 0.2) is 29.6 Å². The predicted octanol–water partition coefficient (Wildman–Crippen LogP) is 1.66. The van der Waals surface area contributed by atoms with Crippen molar-refractivity contribution in [1.29, 1.82) is 0 Å². The Kier molecular flexibility index (Phi) is 4.74. The molecule has 0 bridgehead atoms. The summed E-state index contributed by atoms with van der Waals surface area (Å²) in [5, 5.41) is 3.99. The number of fused-ring (bicyclic) bond motifs is 1. The molecule has 126 valence electrons. The highest BCUT2D eigenvalue weighted by atomic mass is 16.7. The van der Waals surface area contributed by atoms with Crippen LogP contribution in [0.2, 0.25) is 0 Å². The van der Waals surface area contributed by atoms with Gasteiger partial charge in [0.15, 0.2) is 5.65 Å². The minimum atomic E-state index is -0.265. The number of aromatic amines is 1. The second-order valence-corrected chi connectivity index (χ2v) is 5.42. The zero-order chi connectivity index (χ0) is 16.9. The van der Waals surface area contributed by atoms with Crippen molar-refractivity contribution in [2.75, 3.05) is 11.9 Å². The average Bonchev–Trinajstić information content (AvgIpc) is 3.08. The van der Waals surface area contributed by atoms with Crippen molar-refractivity contribution >= 4 is 16.7 Å². The minimum Gasteiger partial charge on any atom is -0.409 e. The monoisotopic (exact) mass is 328 g/mol. The lowest BCUT2D eigenvalue weighted by atomic mass is 10.2. The number of aryl methyl sites for hydroxylation is 1. The molecule has 2 N–H and O–H groups in total. The maximum absolute atomic E-state index is 12.4. The highest BCUT2D eigenvalue weighted by molar-refractivity contribution is 5.90. The largest absolute Gasteiger partial charge is 0.409 e. The molecule has 3 rings (SSSR count). The Hall–Kier alpha value is -2.90. The molecule has 8 heteroatoms. The number of unbranched alkanes of at least 4 members (excludes halogenated alkanes) is 1. The SMILES string of the molecule is CCCCOn1c(=O)cc(NCc2ncc[nH]2)c2c(C)ncnc21. The molecule has 0 saturated heterocycles. The minimum absolute atomic E-state index is 0.265. The first-order valence-corrected chi connectivity index (χ1v) is 7.93. The molecule has 0 radical (unpaired) electrons. The zero-order valence-electron chi connectivity index (χ0n) is 13.7. The van der Waals surface area contributed by atoms with E-state index in [0.717, 1.165) is 29.7 Å². The van der Waals surface area contributed by atoms with E-state index < -0.39 is 0 Å². The second kappa shape index (κ2) is 7.12. The van der Waals surface area contributed by atoms with Crippen LogP contribution >= 0.6 is 0 Å². The Morgan fingerprint density at radius 1 is 1.33 bits per heavy atom. The van der Waals surface area contributed by atoms with Crippen LogP contribution in [-0.2, 0) is 6.54 Å². The van der Waals surface area contributed by atoms with E-state index >= 15 is 0 Å². The van der Waals surface area contributed by atoms with Crippen LogP contribution in [0.4, 0.5) is 5.69 Å². The number of H-pyrrole nitrogens is 1. The predicted molar refractivity (Wildman–Crippen MR) is 90.8 cm³/mol. The van der Waals surface area contributed by atoms with Gasteiger partial charge >= 0.3 is 0 Å². The number of anilines is 1. The summed E-state index contributed by atoms with van der Waals surface area (Å²) < 4.78 is 1.25. The van der Waals surface area contributed by atoms with E-state index in [9.17, 15) is 4.79 Å². The molecule has 24 heavy (non-hydrogen) atoms. The number of hydrogen-bond donors (Lipinski definition) is 2. The molecule has 0 saturated carbocycles. The third-order valence-corrected chi connectivity index (χ3v) is 3.67. The van der Waals surface area contributed by atoms with Crippen molar-refractivity contribution in [3.05, 3.63) is 46.7 Å². The number of aromatic nitrogens is 5. The van der Waals surface area contributed by atoms with Crippen molar-refractivity contribution in [3.63, 3.8) is 0 Å². The summed E-state index contributed by atoms with van der Waals surface area (Å²) in [6.45, 7) is 4.88. The van der Waals surface area contributed by atoms with Crippen molar-refractivity contribution in [2.45, 2.75) is 33.2 Å².